The first-order chi connectivity index (χ1) is 7.15. The molecule has 2 nitrogen and oxygen atoms in total. The summed E-state index contributed by atoms with van der Waals surface area (Å²) in [6.07, 6.45) is 1.04. The summed E-state index contributed by atoms with van der Waals surface area (Å²) in [6, 6.07) is 5.60. The maximum absolute atomic E-state index is 5.95. The van der Waals surface area contributed by atoms with Gasteiger partial charge in [-0.3, -0.25) is 0 Å². The molecule has 1 aromatic carbocycles. The van der Waals surface area contributed by atoms with Gasteiger partial charge in [-0.1, -0.05) is 24.6 Å². The van der Waals surface area contributed by atoms with Gasteiger partial charge in [0.15, 0.2) is 5.11 Å². The number of hydrogen-bond donors (Lipinski definition) is 2. The fourth-order valence-corrected chi connectivity index (χ4v) is 1.76. The molecule has 2 N–H and O–H groups in total. The van der Waals surface area contributed by atoms with Crippen molar-refractivity contribution in [3.63, 3.8) is 0 Å². The largest absolute Gasteiger partial charge is 0.362 e. The third-order valence-electron chi connectivity index (χ3n) is 1.74. The van der Waals surface area contributed by atoms with E-state index in [0.717, 1.165) is 23.1 Å². The van der Waals surface area contributed by atoms with Crippen LogP contribution in [0.15, 0.2) is 22.7 Å². The van der Waals surface area contributed by atoms with Gasteiger partial charge in [0.1, 0.15) is 0 Å². The quantitative estimate of drug-likeness (QED) is 0.831. The molecule has 0 amide bonds. The summed E-state index contributed by atoms with van der Waals surface area (Å²) >= 11 is 14.5. The van der Waals surface area contributed by atoms with Crippen molar-refractivity contribution < 1.29 is 0 Å². The van der Waals surface area contributed by atoms with Crippen LogP contribution in [-0.4, -0.2) is 11.7 Å². The lowest BCUT2D eigenvalue weighted by Crippen LogP contribution is -2.29. The van der Waals surface area contributed by atoms with E-state index < -0.39 is 0 Å². The SMILES string of the molecule is CCCNC(=S)Nc1cccc(Cl)c1Br. The summed E-state index contributed by atoms with van der Waals surface area (Å²) in [5.74, 6) is 0. The molecular formula is C10H12BrClN2S. The van der Waals surface area contributed by atoms with Crippen molar-refractivity contribution in [2.75, 3.05) is 11.9 Å². The predicted octanol–water partition coefficient (Wildman–Crippen LogP) is 3.80. The smallest absolute Gasteiger partial charge is 0.170 e. The fourth-order valence-electron chi connectivity index (χ4n) is 1.01. The lowest BCUT2D eigenvalue weighted by molar-refractivity contribution is 0.846. The van der Waals surface area contributed by atoms with Crippen molar-refractivity contribution in [1.29, 1.82) is 0 Å². The van der Waals surface area contributed by atoms with E-state index >= 15 is 0 Å². The lowest BCUT2D eigenvalue weighted by atomic mass is 10.3. The summed E-state index contributed by atoms with van der Waals surface area (Å²) in [7, 11) is 0. The number of anilines is 1. The average Bonchev–Trinajstić information content (AvgIpc) is 2.22. The molecule has 0 aliphatic carbocycles. The van der Waals surface area contributed by atoms with Crippen LogP contribution in [0.1, 0.15) is 13.3 Å². The Balaban J connectivity index is 2.64. The standard InChI is InChI=1S/C10H12BrClN2S/c1-2-6-13-10(15)14-8-5-3-4-7(12)9(8)11/h3-5H,2,6H2,1H3,(H2,13,14,15). The van der Waals surface area contributed by atoms with Gasteiger partial charge in [-0.15, -0.1) is 0 Å². The third-order valence-corrected chi connectivity index (χ3v) is 3.38. The first-order valence-corrected chi connectivity index (χ1v) is 6.22. The summed E-state index contributed by atoms with van der Waals surface area (Å²) in [6.45, 7) is 2.95. The van der Waals surface area contributed by atoms with Gasteiger partial charge >= 0.3 is 0 Å². The van der Waals surface area contributed by atoms with E-state index in [-0.39, 0.29) is 0 Å². The predicted molar refractivity (Wildman–Crippen MR) is 73.7 cm³/mol. The van der Waals surface area contributed by atoms with Gasteiger partial charge in [-0.25, -0.2) is 0 Å². The van der Waals surface area contributed by atoms with Crippen LogP contribution in [-0.2, 0) is 0 Å². The molecule has 0 unspecified atom stereocenters. The van der Waals surface area contributed by atoms with Crippen molar-refractivity contribution in [3.8, 4) is 0 Å². The molecule has 1 rings (SSSR count). The number of nitrogens with one attached hydrogen (secondary N) is 2. The highest BCUT2D eigenvalue weighted by atomic mass is 79.9. The van der Waals surface area contributed by atoms with Crippen LogP contribution < -0.4 is 10.6 Å². The molecule has 0 aliphatic rings. The minimum atomic E-state index is 0.611. The fraction of sp³-hybridized carbons (Fsp3) is 0.300. The van der Waals surface area contributed by atoms with Crippen LogP contribution in [0.4, 0.5) is 5.69 Å². The number of benzene rings is 1. The van der Waals surface area contributed by atoms with Crippen LogP contribution in [0.5, 0.6) is 0 Å². The van der Waals surface area contributed by atoms with Crippen molar-refractivity contribution >= 4 is 50.5 Å². The second-order valence-electron chi connectivity index (χ2n) is 2.98. The van der Waals surface area contributed by atoms with E-state index in [1.165, 1.54) is 0 Å². The Hall–Kier alpha value is -0.320. The molecule has 0 atom stereocenters. The first-order valence-electron chi connectivity index (χ1n) is 4.64. The highest BCUT2D eigenvalue weighted by Gasteiger charge is 2.04. The average molecular weight is 308 g/mol. The molecule has 0 bridgehead atoms. The lowest BCUT2D eigenvalue weighted by Gasteiger charge is -2.11. The van der Waals surface area contributed by atoms with E-state index in [1.807, 2.05) is 18.2 Å². The first kappa shape index (κ1) is 12.7. The molecule has 15 heavy (non-hydrogen) atoms. The molecule has 5 heteroatoms. The third kappa shape index (κ3) is 3.97. The molecule has 0 aromatic heterocycles. The highest BCUT2D eigenvalue weighted by molar-refractivity contribution is 9.10. The van der Waals surface area contributed by atoms with Crippen LogP contribution in [0.25, 0.3) is 0 Å². The minimum absolute atomic E-state index is 0.611. The maximum Gasteiger partial charge on any atom is 0.170 e. The molecule has 0 aliphatic heterocycles. The molecule has 1 aromatic rings. The zero-order chi connectivity index (χ0) is 11.3. The van der Waals surface area contributed by atoms with Crippen LogP contribution in [0.2, 0.25) is 5.02 Å². The summed E-state index contributed by atoms with van der Waals surface area (Å²) in [5.41, 5.74) is 0.871. The molecule has 0 fully saturated rings. The van der Waals surface area contributed by atoms with Crippen molar-refractivity contribution in [2.24, 2.45) is 0 Å². The van der Waals surface area contributed by atoms with E-state index in [4.69, 9.17) is 23.8 Å². The zero-order valence-electron chi connectivity index (χ0n) is 8.31. The Morgan fingerprint density at radius 3 is 2.93 bits per heavy atom. The molecular weight excluding hydrogens is 296 g/mol. The zero-order valence-corrected chi connectivity index (χ0v) is 11.5. The van der Waals surface area contributed by atoms with Gasteiger partial charge in [0.05, 0.1) is 15.2 Å². The molecule has 0 saturated carbocycles. The molecule has 0 heterocycles. The van der Waals surface area contributed by atoms with E-state index in [0.29, 0.717) is 10.1 Å². The minimum Gasteiger partial charge on any atom is -0.362 e. The van der Waals surface area contributed by atoms with Crippen molar-refractivity contribution in [1.82, 2.24) is 5.32 Å². The number of rotatable bonds is 3. The van der Waals surface area contributed by atoms with Gasteiger partial charge in [-0.05, 0) is 46.7 Å². The van der Waals surface area contributed by atoms with Crippen molar-refractivity contribution in [3.05, 3.63) is 27.7 Å². The van der Waals surface area contributed by atoms with E-state index in [9.17, 15) is 0 Å². The van der Waals surface area contributed by atoms with Crippen LogP contribution in [0.3, 0.4) is 0 Å². The monoisotopic (exact) mass is 306 g/mol. The number of halogens is 2. The summed E-state index contributed by atoms with van der Waals surface area (Å²) in [5, 5.41) is 7.43. The summed E-state index contributed by atoms with van der Waals surface area (Å²) < 4.78 is 0.826. The second kappa shape index (κ2) is 6.30. The van der Waals surface area contributed by atoms with Gasteiger partial charge < -0.3 is 10.6 Å². The Bertz CT molecular complexity index is 357. The summed E-state index contributed by atoms with van der Waals surface area (Å²) in [4.78, 5) is 0. The Labute approximate surface area is 109 Å². The highest BCUT2D eigenvalue weighted by Crippen LogP contribution is 2.29. The van der Waals surface area contributed by atoms with Gasteiger partial charge in [0.2, 0.25) is 0 Å². The number of hydrogen-bond acceptors (Lipinski definition) is 1. The Kier molecular flexibility index (Phi) is 5.36. The maximum atomic E-state index is 5.95. The van der Waals surface area contributed by atoms with Gasteiger partial charge in [0, 0.05) is 6.54 Å². The van der Waals surface area contributed by atoms with Crippen molar-refractivity contribution in [2.45, 2.75) is 13.3 Å². The van der Waals surface area contributed by atoms with E-state index in [2.05, 4.69) is 33.5 Å². The molecule has 0 spiro atoms. The second-order valence-corrected chi connectivity index (χ2v) is 4.59. The topological polar surface area (TPSA) is 24.1 Å². The Morgan fingerprint density at radius 2 is 2.27 bits per heavy atom. The Morgan fingerprint density at radius 1 is 1.53 bits per heavy atom. The van der Waals surface area contributed by atoms with Gasteiger partial charge in [0.25, 0.3) is 0 Å². The van der Waals surface area contributed by atoms with E-state index in [1.54, 1.807) is 0 Å². The number of thiocarbonyl (C=S) groups is 1. The normalized spacial score (nSPS) is 9.80. The molecule has 0 radical (unpaired) electrons. The molecule has 0 saturated heterocycles. The van der Waals surface area contributed by atoms with Crippen LogP contribution >= 0.6 is 39.7 Å². The molecule has 82 valence electrons. The van der Waals surface area contributed by atoms with Gasteiger partial charge in [-0.2, -0.15) is 0 Å². The van der Waals surface area contributed by atoms with Crippen LogP contribution in [0, 0.1) is 0 Å².